The molecule has 0 aliphatic rings. The Labute approximate surface area is 216 Å². The van der Waals surface area contributed by atoms with Crippen LogP contribution in [-0.4, -0.2) is 16.2 Å². The predicted octanol–water partition coefficient (Wildman–Crippen LogP) is 7.61. The number of aromatic nitrogens is 2. The van der Waals surface area contributed by atoms with Gasteiger partial charge in [-0.1, -0.05) is 92.4 Å². The fourth-order valence-electron chi connectivity index (χ4n) is 4.68. The second-order valence-corrected chi connectivity index (χ2v) is 8.86. The van der Waals surface area contributed by atoms with Gasteiger partial charge in [0.2, 0.25) is 0 Å². The topological polar surface area (TPSA) is 55.0 Å². The molecule has 5 rings (SSSR count). The average molecular weight is 485 g/mol. The predicted molar refractivity (Wildman–Crippen MR) is 150 cm³/mol. The second kappa shape index (κ2) is 10.9. The monoisotopic (exact) mass is 484 g/mol. The van der Waals surface area contributed by atoms with Crippen LogP contribution in [0.2, 0.25) is 0 Å². The zero-order valence-electron chi connectivity index (χ0n) is 20.8. The maximum absolute atomic E-state index is 12.2. The Morgan fingerprint density at radius 3 is 2.35 bits per heavy atom. The molecule has 1 heterocycles. The molecule has 0 aliphatic heterocycles. The van der Waals surface area contributed by atoms with Crippen molar-refractivity contribution in [2.75, 3.05) is 0 Å². The SMILES string of the molecule is C=CC(=O)Oc1ccccc1/C(=C(\CC)c1ccc(Cc2ccccc2)cc1)c1ccc2[nH]ncc2c1. The van der Waals surface area contributed by atoms with Crippen molar-refractivity contribution < 1.29 is 9.53 Å². The zero-order valence-corrected chi connectivity index (χ0v) is 20.8. The number of nitrogens with zero attached hydrogens (tertiary/aromatic N) is 1. The third kappa shape index (κ3) is 5.29. The number of allylic oxidation sites excluding steroid dienone is 1. The largest absolute Gasteiger partial charge is 0.423 e. The molecule has 0 atom stereocenters. The Morgan fingerprint density at radius 1 is 0.892 bits per heavy atom. The number of ether oxygens (including phenoxy) is 1. The molecule has 0 amide bonds. The van der Waals surface area contributed by atoms with Crippen molar-refractivity contribution in [3.8, 4) is 5.75 Å². The number of nitrogens with one attached hydrogen (secondary N) is 1. The molecule has 4 heteroatoms. The van der Waals surface area contributed by atoms with Crippen molar-refractivity contribution in [2.45, 2.75) is 19.8 Å². The molecule has 1 aromatic heterocycles. The summed E-state index contributed by atoms with van der Waals surface area (Å²) in [4.78, 5) is 12.2. The summed E-state index contributed by atoms with van der Waals surface area (Å²) in [5.41, 5.74) is 8.71. The Hall–Kier alpha value is -4.70. The van der Waals surface area contributed by atoms with E-state index in [4.69, 9.17) is 4.74 Å². The molecule has 0 radical (unpaired) electrons. The van der Waals surface area contributed by atoms with Gasteiger partial charge in [0.25, 0.3) is 0 Å². The summed E-state index contributed by atoms with van der Waals surface area (Å²) >= 11 is 0. The van der Waals surface area contributed by atoms with Gasteiger partial charge in [-0.2, -0.15) is 5.10 Å². The lowest BCUT2D eigenvalue weighted by Gasteiger charge is -2.19. The summed E-state index contributed by atoms with van der Waals surface area (Å²) in [5, 5.41) is 8.23. The van der Waals surface area contributed by atoms with Crippen LogP contribution >= 0.6 is 0 Å². The molecular formula is C33H28N2O2. The molecule has 182 valence electrons. The van der Waals surface area contributed by atoms with E-state index in [9.17, 15) is 4.79 Å². The van der Waals surface area contributed by atoms with Crippen molar-refractivity contribution in [3.63, 3.8) is 0 Å². The summed E-state index contributed by atoms with van der Waals surface area (Å²) in [6.45, 7) is 5.71. The van der Waals surface area contributed by atoms with Gasteiger partial charge in [0.05, 0.1) is 11.7 Å². The number of rotatable bonds is 8. The Bertz CT molecular complexity index is 1580. The van der Waals surface area contributed by atoms with Crippen molar-refractivity contribution in [1.82, 2.24) is 10.2 Å². The van der Waals surface area contributed by atoms with Crippen molar-refractivity contribution in [2.24, 2.45) is 0 Å². The quantitative estimate of drug-likeness (QED) is 0.107. The molecule has 4 nitrogen and oxygen atoms in total. The van der Waals surface area contributed by atoms with E-state index in [-0.39, 0.29) is 0 Å². The summed E-state index contributed by atoms with van der Waals surface area (Å²) in [7, 11) is 0. The number of hydrogen-bond acceptors (Lipinski definition) is 3. The highest BCUT2D eigenvalue weighted by Crippen LogP contribution is 2.39. The summed E-state index contributed by atoms with van der Waals surface area (Å²) in [5.74, 6) is 0.0155. The minimum Gasteiger partial charge on any atom is -0.423 e. The number of aromatic amines is 1. The van der Waals surface area contributed by atoms with Crippen LogP contribution in [0, 0.1) is 0 Å². The number of carbonyl (C=O) groups is 1. The summed E-state index contributed by atoms with van der Waals surface area (Å²) in [6.07, 6.45) is 4.69. The maximum atomic E-state index is 12.2. The number of benzene rings is 4. The van der Waals surface area contributed by atoms with Crippen LogP contribution < -0.4 is 4.74 Å². The van der Waals surface area contributed by atoms with Gasteiger partial charge in [-0.3, -0.25) is 5.10 Å². The molecule has 0 bridgehead atoms. The third-order valence-corrected chi connectivity index (χ3v) is 6.47. The number of para-hydroxylation sites is 1. The van der Waals surface area contributed by atoms with Crippen LogP contribution in [0.15, 0.2) is 116 Å². The highest BCUT2D eigenvalue weighted by molar-refractivity contribution is 6.02. The number of hydrogen-bond donors (Lipinski definition) is 1. The maximum Gasteiger partial charge on any atom is 0.335 e. The van der Waals surface area contributed by atoms with Crippen LogP contribution in [0.4, 0.5) is 0 Å². The lowest BCUT2D eigenvalue weighted by Crippen LogP contribution is -2.06. The van der Waals surface area contributed by atoms with Crippen molar-refractivity contribution in [3.05, 3.63) is 144 Å². The molecule has 0 fully saturated rings. The summed E-state index contributed by atoms with van der Waals surface area (Å²) < 4.78 is 5.68. The van der Waals surface area contributed by atoms with Gasteiger partial charge < -0.3 is 4.74 Å². The van der Waals surface area contributed by atoms with Gasteiger partial charge in [-0.05, 0) is 64.4 Å². The molecule has 0 saturated carbocycles. The molecule has 0 unspecified atom stereocenters. The number of H-pyrrole nitrogens is 1. The zero-order chi connectivity index (χ0) is 25.6. The van der Waals surface area contributed by atoms with Gasteiger partial charge in [0, 0.05) is 17.0 Å². The standard InChI is InChI=1S/C33H28N2O2/c1-3-28(25-16-14-24(15-17-25)20-23-10-6-5-7-11-23)33(26-18-19-30-27(21-26)22-34-35-30)29-12-8-9-13-31(29)37-32(36)4-2/h4-19,21-22H,2-3,20H2,1H3,(H,34,35)/b33-28+. The van der Waals surface area contributed by atoms with Crippen LogP contribution in [0.1, 0.15) is 41.2 Å². The molecule has 0 aliphatic carbocycles. The minimum atomic E-state index is -0.486. The molecular weight excluding hydrogens is 456 g/mol. The van der Waals surface area contributed by atoms with E-state index < -0.39 is 5.97 Å². The Morgan fingerprint density at radius 2 is 1.59 bits per heavy atom. The van der Waals surface area contributed by atoms with Gasteiger partial charge in [0.15, 0.2) is 0 Å². The van der Waals surface area contributed by atoms with Crippen LogP contribution in [0.25, 0.3) is 22.0 Å². The minimum absolute atomic E-state index is 0.486. The highest BCUT2D eigenvalue weighted by atomic mass is 16.5. The summed E-state index contributed by atoms with van der Waals surface area (Å²) in [6, 6.07) is 33.1. The van der Waals surface area contributed by atoms with E-state index in [1.807, 2.05) is 42.6 Å². The smallest absolute Gasteiger partial charge is 0.335 e. The fourth-order valence-corrected chi connectivity index (χ4v) is 4.68. The van der Waals surface area contributed by atoms with Gasteiger partial charge in [-0.15, -0.1) is 0 Å². The highest BCUT2D eigenvalue weighted by Gasteiger charge is 2.18. The second-order valence-electron chi connectivity index (χ2n) is 8.86. The first-order valence-electron chi connectivity index (χ1n) is 12.4. The van der Waals surface area contributed by atoms with Crippen molar-refractivity contribution in [1.29, 1.82) is 0 Å². The molecule has 0 spiro atoms. The van der Waals surface area contributed by atoms with E-state index in [1.54, 1.807) is 0 Å². The molecule has 4 aromatic carbocycles. The van der Waals surface area contributed by atoms with E-state index in [1.165, 1.54) is 17.2 Å². The van der Waals surface area contributed by atoms with Crippen LogP contribution in [0.3, 0.4) is 0 Å². The van der Waals surface area contributed by atoms with Gasteiger partial charge in [-0.25, -0.2) is 4.79 Å². The van der Waals surface area contributed by atoms with Crippen LogP contribution in [0.5, 0.6) is 5.75 Å². The van der Waals surface area contributed by atoms with Gasteiger partial charge in [0.1, 0.15) is 5.75 Å². The Kier molecular flexibility index (Phi) is 7.09. The molecule has 37 heavy (non-hydrogen) atoms. The first kappa shape index (κ1) is 24.0. The fraction of sp³-hybridized carbons (Fsp3) is 0.0909. The van der Waals surface area contributed by atoms with E-state index in [0.717, 1.165) is 51.6 Å². The van der Waals surface area contributed by atoms with E-state index in [2.05, 4.69) is 84.4 Å². The molecule has 0 saturated heterocycles. The Balaban J connectivity index is 1.65. The molecule has 5 aromatic rings. The molecule has 1 N–H and O–H groups in total. The number of carbonyl (C=O) groups excluding carboxylic acids is 1. The third-order valence-electron chi connectivity index (χ3n) is 6.47. The van der Waals surface area contributed by atoms with E-state index in [0.29, 0.717) is 5.75 Å². The normalized spacial score (nSPS) is 11.7. The van der Waals surface area contributed by atoms with Crippen molar-refractivity contribution >= 4 is 28.0 Å². The number of fused-ring (bicyclic) bond motifs is 1. The van der Waals surface area contributed by atoms with Gasteiger partial charge >= 0.3 is 5.97 Å². The lowest BCUT2D eigenvalue weighted by atomic mass is 9.87. The number of esters is 1. The average Bonchev–Trinajstić information content (AvgIpc) is 3.41. The first-order valence-corrected chi connectivity index (χ1v) is 12.4. The first-order chi connectivity index (χ1) is 18.2. The lowest BCUT2D eigenvalue weighted by molar-refractivity contribution is -0.128. The van der Waals surface area contributed by atoms with E-state index >= 15 is 0 Å². The van der Waals surface area contributed by atoms with Crippen LogP contribution in [-0.2, 0) is 11.2 Å².